The number of nitrogens with zero attached hydrogens (tertiary/aromatic N) is 2. The zero-order chi connectivity index (χ0) is 25.2. The van der Waals surface area contributed by atoms with Crippen LogP contribution in [0.4, 0.5) is 5.69 Å². The van der Waals surface area contributed by atoms with Crippen molar-refractivity contribution >= 4 is 40.9 Å². The Morgan fingerprint density at radius 2 is 1.66 bits per heavy atom. The number of hydrogen-bond donors (Lipinski definition) is 1. The molecule has 0 spiro atoms. The van der Waals surface area contributed by atoms with E-state index in [0.29, 0.717) is 17.2 Å². The summed E-state index contributed by atoms with van der Waals surface area (Å²) in [6.07, 6.45) is 0.365. The van der Waals surface area contributed by atoms with Gasteiger partial charge in [-0.3, -0.25) is 19.7 Å². The first-order valence-electron chi connectivity index (χ1n) is 11.0. The molecule has 182 valence electrons. The van der Waals surface area contributed by atoms with Gasteiger partial charge in [0, 0.05) is 42.9 Å². The van der Waals surface area contributed by atoms with Crippen molar-refractivity contribution in [2.45, 2.75) is 24.8 Å². The highest BCUT2D eigenvalue weighted by molar-refractivity contribution is 7.99. The number of benzene rings is 3. The number of likely N-dealkylation sites (N-methyl/N-ethyl adjacent to an activating group) is 1. The molecule has 0 aliphatic rings. The molecule has 0 aliphatic heterocycles. The van der Waals surface area contributed by atoms with E-state index in [9.17, 15) is 19.7 Å². The lowest BCUT2D eigenvalue weighted by Crippen LogP contribution is -2.50. The van der Waals surface area contributed by atoms with Gasteiger partial charge in [0.2, 0.25) is 11.8 Å². The molecule has 9 heteroatoms. The molecule has 0 saturated carbocycles. The Morgan fingerprint density at radius 3 is 2.29 bits per heavy atom. The number of non-ortho nitro benzene ring substituents is 1. The van der Waals surface area contributed by atoms with Gasteiger partial charge in [-0.1, -0.05) is 72.3 Å². The molecule has 0 aliphatic carbocycles. The van der Waals surface area contributed by atoms with Crippen molar-refractivity contribution in [3.8, 4) is 0 Å². The average molecular weight is 512 g/mol. The van der Waals surface area contributed by atoms with Gasteiger partial charge in [0.15, 0.2) is 0 Å². The van der Waals surface area contributed by atoms with E-state index in [-0.39, 0.29) is 29.8 Å². The summed E-state index contributed by atoms with van der Waals surface area (Å²) in [6.45, 7) is 0.196. The predicted octanol–water partition coefficient (Wildman–Crippen LogP) is 4.87. The summed E-state index contributed by atoms with van der Waals surface area (Å²) in [5.41, 5.74) is 2.59. The van der Waals surface area contributed by atoms with Gasteiger partial charge in [0.05, 0.1) is 10.7 Å². The Morgan fingerprint density at radius 1 is 1.00 bits per heavy atom. The quantitative estimate of drug-likeness (QED) is 0.293. The molecule has 7 nitrogen and oxygen atoms in total. The van der Waals surface area contributed by atoms with Crippen molar-refractivity contribution in [2.24, 2.45) is 0 Å². The number of halogens is 1. The molecule has 0 unspecified atom stereocenters. The van der Waals surface area contributed by atoms with Crippen LogP contribution in [0.5, 0.6) is 0 Å². The largest absolute Gasteiger partial charge is 0.357 e. The van der Waals surface area contributed by atoms with E-state index < -0.39 is 11.0 Å². The van der Waals surface area contributed by atoms with Crippen molar-refractivity contribution in [1.82, 2.24) is 10.2 Å². The third-order valence-corrected chi connectivity index (χ3v) is 6.81. The monoisotopic (exact) mass is 511 g/mol. The smallest absolute Gasteiger partial charge is 0.269 e. The van der Waals surface area contributed by atoms with Gasteiger partial charge < -0.3 is 10.2 Å². The van der Waals surface area contributed by atoms with Crippen molar-refractivity contribution < 1.29 is 14.5 Å². The van der Waals surface area contributed by atoms with Crippen LogP contribution in [0.2, 0.25) is 5.02 Å². The summed E-state index contributed by atoms with van der Waals surface area (Å²) in [4.78, 5) is 38.3. The molecular formula is C26H26ClN3O4S. The van der Waals surface area contributed by atoms with Crippen LogP contribution in [0.15, 0.2) is 78.9 Å². The number of carbonyl (C=O) groups excluding carboxylic acids is 2. The van der Waals surface area contributed by atoms with E-state index in [1.54, 1.807) is 30.1 Å². The van der Waals surface area contributed by atoms with Gasteiger partial charge in [-0.2, -0.15) is 0 Å². The lowest BCUT2D eigenvalue weighted by molar-refractivity contribution is -0.384. The molecule has 0 aromatic heterocycles. The summed E-state index contributed by atoms with van der Waals surface area (Å²) in [7, 11) is 1.56. The van der Waals surface area contributed by atoms with Crippen LogP contribution in [-0.2, 0) is 28.3 Å². The lowest BCUT2D eigenvalue weighted by atomic mass is 10.0. The normalized spacial score (nSPS) is 11.5. The number of nitro groups is 1. The number of thioether (sulfide) groups is 1. The number of amides is 2. The summed E-state index contributed by atoms with van der Waals surface area (Å²) in [5.74, 6) is 0.201. The van der Waals surface area contributed by atoms with Crippen molar-refractivity contribution in [3.05, 3.63) is 111 Å². The molecule has 3 aromatic carbocycles. The fourth-order valence-corrected chi connectivity index (χ4v) is 4.65. The van der Waals surface area contributed by atoms with E-state index in [2.05, 4.69) is 5.32 Å². The molecule has 3 aromatic rings. The van der Waals surface area contributed by atoms with E-state index >= 15 is 0 Å². The molecule has 35 heavy (non-hydrogen) atoms. The first-order chi connectivity index (χ1) is 16.9. The van der Waals surface area contributed by atoms with Gasteiger partial charge in [-0.25, -0.2) is 0 Å². The van der Waals surface area contributed by atoms with Crippen LogP contribution < -0.4 is 5.32 Å². The Balaban J connectivity index is 1.78. The number of rotatable bonds is 11. The number of hydrogen-bond acceptors (Lipinski definition) is 5. The highest BCUT2D eigenvalue weighted by atomic mass is 35.5. The maximum absolute atomic E-state index is 13.4. The third-order valence-electron chi connectivity index (χ3n) is 5.46. The van der Waals surface area contributed by atoms with Crippen LogP contribution in [0.25, 0.3) is 0 Å². The number of nitro benzene ring substituents is 1. The second-order valence-corrected chi connectivity index (χ2v) is 9.24. The van der Waals surface area contributed by atoms with Crippen molar-refractivity contribution in [1.29, 1.82) is 0 Å². The van der Waals surface area contributed by atoms with E-state index in [1.807, 2.05) is 48.5 Å². The van der Waals surface area contributed by atoms with E-state index in [4.69, 9.17) is 11.6 Å². The van der Waals surface area contributed by atoms with Crippen LogP contribution in [0.1, 0.15) is 16.7 Å². The number of nitrogens with one attached hydrogen (secondary N) is 1. The maximum atomic E-state index is 13.4. The molecule has 0 bridgehead atoms. The Kier molecular flexibility index (Phi) is 9.69. The van der Waals surface area contributed by atoms with Gasteiger partial charge in [-0.05, 0) is 22.8 Å². The predicted molar refractivity (Wildman–Crippen MR) is 139 cm³/mol. The third kappa shape index (κ3) is 7.56. The van der Waals surface area contributed by atoms with Crippen molar-refractivity contribution in [3.63, 3.8) is 0 Å². The minimum absolute atomic E-state index is 0.0232. The second-order valence-electron chi connectivity index (χ2n) is 7.85. The maximum Gasteiger partial charge on any atom is 0.269 e. The summed E-state index contributed by atoms with van der Waals surface area (Å²) < 4.78 is 0. The zero-order valence-electron chi connectivity index (χ0n) is 19.2. The summed E-state index contributed by atoms with van der Waals surface area (Å²) in [5, 5.41) is 14.1. The minimum atomic E-state index is -0.717. The van der Waals surface area contributed by atoms with Crippen LogP contribution >= 0.6 is 23.4 Å². The fraction of sp³-hybridized carbons (Fsp3) is 0.231. The van der Waals surface area contributed by atoms with Crippen LogP contribution in [0, 0.1) is 10.1 Å². The van der Waals surface area contributed by atoms with E-state index in [1.165, 1.54) is 23.9 Å². The molecule has 0 fully saturated rings. The van der Waals surface area contributed by atoms with Crippen LogP contribution in [-0.4, -0.2) is 40.5 Å². The van der Waals surface area contributed by atoms with Gasteiger partial charge in [-0.15, -0.1) is 11.8 Å². The highest BCUT2D eigenvalue weighted by Gasteiger charge is 2.30. The second kappa shape index (κ2) is 12.9. The Labute approximate surface area is 213 Å². The first-order valence-corrected chi connectivity index (χ1v) is 12.5. The molecule has 2 amide bonds. The SMILES string of the molecule is CNC(=O)[C@@H](Cc1ccccc1)N(Cc1ccccc1Cl)C(=O)CSCc1ccc([N+](=O)[O-])cc1. The minimum Gasteiger partial charge on any atom is -0.357 e. The molecule has 1 N–H and O–H groups in total. The Bertz CT molecular complexity index is 1160. The lowest BCUT2D eigenvalue weighted by Gasteiger charge is -2.31. The topological polar surface area (TPSA) is 92.6 Å². The fourth-order valence-electron chi connectivity index (χ4n) is 3.58. The average Bonchev–Trinajstić information content (AvgIpc) is 2.87. The molecule has 3 rings (SSSR count). The van der Waals surface area contributed by atoms with E-state index in [0.717, 1.165) is 16.7 Å². The highest BCUT2D eigenvalue weighted by Crippen LogP contribution is 2.22. The summed E-state index contributed by atoms with van der Waals surface area (Å²) >= 11 is 7.77. The molecular weight excluding hydrogens is 486 g/mol. The van der Waals surface area contributed by atoms with Gasteiger partial charge >= 0.3 is 0 Å². The molecule has 0 saturated heterocycles. The Hall–Kier alpha value is -3.36. The number of carbonyl (C=O) groups is 2. The molecule has 1 atom stereocenters. The zero-order valence-corrected chi connectivity index (χ0v) is 20.8. The van der Waals surface area contributed by atoms with Gasteiger partial charge in [0.1, 0.15) is 6.04 Å². The van der Waals surface area contributed by atoms with Crippen LogP contribution in [0.3, 0.4) is 0 Å². The molecule has 0 heterocycles. The van der Waals surface area contributed by atoms with Crippen molar-refractivity contribution in [2.75, 3.05) is 12.8 Å². The first kappa shape index (κ1) is 26.2. The van der Waals surface area contributed by atoms with Gasteiger partial charge in [0.25, 0.3) is 5.69 Å². The standard InChI is InChI=1S/C26H26ClN3O4S/c1-28-26(32)24(15-19-7-3-2-4-8-19)29(16-21-9-5-6-10-23(21)27)25(31)18-35-17-20-11-13-22(14-12-20)30(33)34/h2-14,24H,15-18H2,1H3,(H,28,32)/t24-/m1/s1. The molecule has 0 radical (unpaired) electrons. The summed E-state index contributed by atoms with van der Waals surface area (Å²) in [6, 6.07) is 22.4.